The number of amides is 1. The third-order valence-corrected chi connectivity index (χ3v) is 2.92. The normalized spacial score (nSPS) is 19.5. The largest absolute Gasteiger partial charge is 0.447 e. The molecule has 1 aliphatic heterocycles. The highest BCUT2D eigenvalue weighted by atomic mass is 16.6. The Balaban J connectivity index is 1.97. The second kappa shape index (κ2) is 5.68. The second-order valence-electron chi connectivity index (χ2n) is 4.11. The monoisotopic (exact) mass is 235 g/mol. The van der Waals surface area contributed by atoms with Gasteiger partial charge in [-0.05, 0) is 12.0 Å². The van der Waals surface area contributed by atoms with Crippen LogP contribution in [0.3, 0.4) is 0 Å². The van der Waals surface area contributed by atoms with Crippen LogP contribution >= 0.6 is 0 Å². The van der Waals surface area contributed by atoms with E-state index in [1.165, 1.54) is 5.56 Å². The van der Waals surface area contributed by atoms with Crippen molar-refractivity contribution in [1.29, 1.82) is 0 Å². The minimum Gasteiger partial charge on any atom is -0.447 e. The van der Waals surface area contributed by atoms with Crippen LogP contribution in [-0.2, 0) is 15.9 Å². The van der Waals surface area contributed by atoms with Crippen molar-refractivity contribution < 1.29 is 14.3 Å². The maximum atomic E-state index is 11.5. The van der Waals surface area contributed by atoms with Crippen LogP contribution in [0.2, 0.25) is 0 Å². The highest BCUT2D eigenvalue weighted by Gasteiger charge is 2.32. The Kier molecular flexibility index (Phi) is 3.98. The van der Waals surface area contributed by atoms with E-state index in [0.29, 0.717) is 19.8 Å². The van der Waals surface area contributed by atoms with E-state index < -0.39 is 0 Å². The first-order valence-electron chi connectivity index (χ1n) is 5.77. The van der Waals surface area contributed by atoms with Gasteiger partial charge in [-0.1, -0.05) is 30.3 Å². The van der Waals surface area contributed by atoms with E-state index in [9.17, 15) is 4.79 Å². The van der Waals surface area contributed by atoms with Crippen LogP contribution < -0.4 is 0 Å². The molecule has 0 aromatic heterocycles. The number of hydrogen-bond acceptors (Lipinski definition) is 3. The number of rotatable bonds is 5. The summed E-state index contributed by atoms with van der Waals surface area (Å²) in [4.78, 5) is 13.3. The Hall–Kier alpha value is -1.55. The lowest BCUT2D eigenvalue weighted by Gasteiger charge is -2.20. The molecule has 1 amide bonds. The summed E-state index contributed by atoms with van der Waals surface area (Å²) in [6.45, 7) is 1.60. The molecule has 1 atom stereocenters. The number of nitrogens with zero attached hydrogens (tertiary/aromatic N) is 1. The average molecular weight is 235 g/mol. The molecule has 0 bridgehead atoms. The zero-order chi connectivity index (χ0) is 12.1. The van der Waals surface area contributed by atoms with Crippen LogP contribution in [0.4, 0.5) is 4.79 Å². The summed E-state index contributed by atoms with van der Waals surface area (Å²) in [6.07, 6.45) is 0.596. The average Bonchev–Trinajstić information content (AvgIpc) is 2.69. The van der Waals surface area contributed by atoms with Gasteiger partial charge in [0.15, 0.2) is 0 Å². The standard InChI is InChI=1S/C13H17NO3/c1-16-8-7-14-12(10-17-13(14)15)9-11-5-3-2-4-6-11/h2-6,12H,7-10H2,1H3. The van der Waals surface area contributed by atoms with E-state index in [1.807, 2.05) is 18.2 Å². The van der Waals surface area contributed by atoms with Gasteiger partial charge in [0.1, 0.15) is 6.61 Å². The van der Waals surface area contributed by atoms with Crippen molar-refractivity contribution in [3.63, 3.8) is 0 Å². The molecule has 1 aromatic rings. The smallest absolute Gasteiger partial charge is 0.410 e. The quantitative estimate of drug-likeness (QED) is 0.779. The molecule has 0 radical (unpaired) electrons. The fourth-order valence-electron chi connectivity index (χ4n) is 2.01. The highest BCUT2D eigenvalue weighted by Crippen LogP contribution is 2.16. The molecule has 0 saturated carbocycles. The van der Waals surface area contributed by atoms with E-state index in [1.54, 1.807) is 12.0 Å². The summed E-state index contributed by atoms with van der Waals surface area (Å²) in [5.41, 5.74) is 1.22. The van der Waals surface area contributed by atoms with Crippen LogP contribution in [0.15, 0.2) is 30.3 Å². The number of methoxy groups -OCH3 is 1. The van der Waals surface area contributed by atoms with Crippen LogP contribution in [0.25, 0.3) is 0 Å². The number of carbonyl (C=O) groups is 1. The van der Waals surface area contributed by atoms with E-state index in [4.69, 9.17) is 9.47 Å². The number of hydrogen-bond donors (Lipinski definition) is 0. The third kappa shape index (κ3) is 2.97. The van der Waals surface area contributed by atoms with Crippen molar-refractivity contribution in [1.82, 2.24) is 4.90 Å². The van der Waals surface area contributed by atoms with Gasteiger partial charge in [-0.25, -0.2) is 4.79 Å². The van der Waals surface area contributed by atoms with Gasteiger partial charge in [0, 0.05) is 13.7 Å². The Morgan fingerprint density at radius 1 is 1.41 bits per heavy atom. The molecule has 1 saturated heterocycles. The molecule has 1 aromatic carbocycles. The summed E-state index contributed by atoms with van der Waals surface area (Å²) < 4.78 is 10.1. The Labute approximate surface area is 101 Å². The van der Waals surface area contributed by atoms with Gasteiger partial charge in [0.25, 0.3) is 0 Å². The minimum absolute atomic E-state index is 0.125. The zero-order valence-electron chi connectivity index (χ0n) is 9.96. The van der Waals surface area contributed by atoms with Crippen molar-refractivity contribution >= 4 is 6.09 Å². The van der Waals surface area contributed by atoms with Gasteiger partial charge in [0.2, 0.25) is 0 Å². The zero-order valence-corrected chi connectivity index (χ0v) is 9.96. The van der Waals surface area contributed by atoms with Gasteiger partial charge in [-0.2, -0.15) is 0 Å². The molecule has 92 valence electrons. The van der Waals surface area contributed by atoms with Crippen LogP contribution in [-0.4, -0.2) is 43.9 Å². The molecule has 1 fully saturated rings. The molecule has 4 nitrogen and oxygen atoms in total. The van der Waals surface area contributed by atoms with E-state index in [-0.39, 0.29) is 12.1 Å². The van der Waals surface area contributed by atoms with Crippen molar-refractivity contribution in [3.05, 3.63) is 35.9 Å². The van der Waals surface area contributed by atoms with Gasteiger partial charge < -0.3 is 9.47 Å². The van der Waals surface area contributed by atoms with Crippen molar-refractivity contribution in [2.45, 2.75) is 12.5 Å². The first-order chi connectivity index (χ1) is 8.31. The van der Waals surface area contributed by atoms with Crippen molar-refractivity contribution in [2.75, 3.05) is 26.9 Å². The summed E-state index contributed by atoms with van der Waals surface area (Å²) >= 11 is 0. The molecule has 0 aliphatic carbocycles. The first kappa shape index (κ1) is 11.9. The summed E-state index contributed by atoms with van der Waals surface area (Å²) in [5.74, 6) is 0. The number of ether oxygens (including phenoxy) is 2. The van der Waals surface area contributed by atoms with Crippen LogP contribution in [0.1, 0.15) is 5.56 Å². The molecule has 17 heavy (non-hydrogen) atoms. The van der Waals surface area contributed by atoms with E-state index in [0.717, 1.165) is 6.42 Å². The summed E-state index contributed by atoms with van der Waals surface area (Å²) in [7, 11) is 1.63. The topological polar surface area (TPSA) is 38.8 Å². The highest BCUT2D eigenvalue weighted by molar-refractivity contribution is 5.70. The molecular weight excluding hydrogens is 218 g/mol. The molecule has 4 heteroatoms. The molecule has 0 spiro atoms. The Morgan fingerprint density at radius 3 is 2.88 bits per heavy atom. The van der Waals surface area contributed by atoms with E-state index in [2.05, 4.69) is 12.1 Å². The Morgan fingerprint density at radius 2 is 2.18 bits per heavy atom. The fraction of sp³-hybridized carbons (Fsp3) is 0.462. The molecule has 1 unspecified atom stereocenters. The predicted octanol–water partition coefficient (Wildman–Crippen LogP) is 1.70. The van der Waals surface area contributed by atoms with Crippen LogP contribution in [0, 0.1) is 0 Å². The van der Waals surface area contributed by atoms with Gasteiger partial charge in [-0.15, -0.1) is 0 Å². The van der Waals surface area contributed by atoms with Gasteiger partial charge >= 0.3 is 6.09 Å². The minimum atomic E-state index is -0.233. The lowest BCUT2D eigenvalue weighted by molar-refractivity contribution is 0.134. The predicted molar refractivity (Wildman–Crippen MR) is 63.9 cm³/mol. The van der Waals surface area contributed by atoms with Crippen molar-refractivity contribution in [2.24, 2.45) is 0 Å². The van der Waals surface area contributed by atoms with Gasteiger partial charge in [0.05, 0.1) is 12.6 Å². The number of cyclic esters (lactones) is 1. The lowest BCUT2D eigenvalue weighted by atomic mass is 10.1. The molecule has 1 heterocycles. The van der Waals surface area contributed by atoms with Crippen molar-refractivity contribution in [3.8, 4) is 0 Å². The molecule has 1 aliphatic rings. The summed E-state index contributed by atoms with van der Waals surface area (Å²) in [5, 5.41) is 0. The molecular formula is C13H17NO3. The first-order valence-corrected chi connectivity index (χ1v) is 5.77. The molecule has 0 N–H and O–H groups in total. The number of carbonyl (C=O) groups excluding carboxylic acids is 1. The SMILES string of the molecule is COCCN1C(=O)OCC1Cc1ccccc1. The maximum absolute atomic E-state index is 11.5. The maximum Gasteiger partial charge on any atom is 0.410 e. The number of benzene rings is 1. The van der Waals surface area contributed by atoms with E-state index >= 15 is 0 Å². The summed E-state index contributed by atoms with van der Waals surface area (Å²) in [6, 6.07) is 10.3. The third-order valence-electron chi connectivity index (χ3n) is 2.92. The Bertz CT molecular complexity index is 366. The second-order valence-corrected chi connectivity index (χ2v) is 4.11. The van der Waals surface area contributed by atoms with Gasteiger partial charge in [-0.3, -0.25) is 4.90 Å². The molecule has 2 rings (SSSR count). The lowest BCUT2D eigenvalue weighted by Crippen LogP contribution is -2.37. The fourth-order valence-corrected chi connectivity index (χ4v) is 2.01. The van der Waals surface area contributed by atoms with Crippen LogP contribution in [0.5, 0.6) is 0 Å².